The van der Waals surface area contributed by atoms with Gasteiger partial charge in [-0.15, -0.1) is 0 Å². The van der Waals surface area contributed by atoms with Crippen molar-refractivity contribution in [3.8, 4) is 0 Å². The quantitative estimate of drug-likeness (QED) is 0.773. The normalized spacial score (nSPS) is 12.3. The van der Waals surface area contributed by atoms with Crippen molar-refractivity contribution in [1.29, 1.82) is 0 Å². The van der Waals surface area contributed by atoms with Crippen LogP contribution in [0.5, 0.6) is 0 Å². The van der Waals surface area contributed by atoms with Crippen LogP contribution in [0.2, 0.25) is 0 Å². The third kappa shape index (κ3) is 3.09. The van der Waals surface area contributed by atoms with Gasteiger partial charge >= 0.3 is 0 Å². The van der Waals surface area contributed by atoms with Crippen LogP contribution in [0.25, 0.3) is 0 Å². The highest BCUT2D eigenvalue weighted by molar-refractivity contribution is 7.89. The minimum atomic E-state index is -3.49. The van der Waals surface area contributed by atoms with Crippen molar-refractivity contribution in [3.63, 3.8) is 0 Å². The first-order chi connectivity index (χ1) is 8.45. The van der Waals surface area contributed by atoms with E-state index in [4.69, 9.17) is 0 Å². The number of sulfonamides is 1. The van der Waals surface area contributed by atoms with Crippen molar-refractivity contribution in [1.82, 2.24) is 19.8 Å². The summed E-state index contributed by atoms with van der Waals surface area (Å²) in [5.74, 6) is 0. The largest absolute Gasteiger partial charge is 0.313 e. The molecule has 1 aromatic heterocycles. The van der Waals surface area contributed by atoms with Crippen molar-refractivity contribution in [2.24, 2.45) is 0 Å². The Labute approximate surface area is 109 Å². The molecule has 0 aliphatic heterocycles. The molecule has 0 fully saturated rings. The summed E-state index contributed by atoms with van der Waals surface area (Å²) in [4.78, 5) is 0. The molecule has 1 rings (SSSR count). The molecule has 0 bridgehead atoms. The van der Waals surface area contributed by atoms with Crippen LogP contribution in [-0.4, -0.2) is 43.1 Å². The van der Waals surface area contributed by atoms with Gasteiger partial charge in [0.05, 0.1) is 0 Å². The molecule has 0 aliphatic rings. The molecule has 18 heavy (non-hydrogen) atoms. The molecule has 0 amide bonds. The molecule has 0 radical (unpaired) electrons. The summed E-state index contributed by atoms with van der Waals surface area (Å²) in [6.07, 6.45) is 0.779. The molecule has 0 spiro atoms. The van der Waals surface area contributed by atoms with Gasteiger partial charge in [0, 0.05) is 31.4 Å². The van der Waals surface area contributed by atoms with Gasteiger partial charge in [0.1, 0.15) is 0 Å². The smallest absolute Gasteiger partial charge is 0.262 e. The zero-order valence-electron chi connectivity index (χ0n) is 11.4. The Kier molecular flexibility index (Phi) is 5.30. The molecule has 1 aromatic rings. The number of hydrogen-bond acceptors (Lipinski definition) is 4. The van der Waals surface area contributed by atoms with Crippen molar-refractivity contribution in [2.45, 2.75) is 38.8 Å². The zero-order valence-corrected chi connectivity index (χ0v) is 12.3. The lowest BCUT2D eigenvalue weighted by atomic mass is 10.2. The van der Waals surface area contributed by atoms with Crippen molar-refractivity contribution >= 4 is 10.0 Å². The molecule has 0 unspecified atom stereocenters. The van der Waals surface area contributed by atoms with Gasteiger partial charge in [-0.25, -0.2) is 8.42 Å². The Morgan fingerprint density at radius 1 is 1.39 bits per heavy atom. The van der Waals surface area contributed by atoms with E-state index < -0.39 is 10.0 Å². The number of aromatic amines is 1. The number of nitrogens with one attached hydrogen (secondary N) is 2. The van der Waals surface area contributed by atoms with Crippen LogP contribution in [0.4, 0.5) is 0 Å². The molecule has 2 N–H and O–H groups in total. The monoisotopic (exact) mass is 274 g/mol. The Morgan fingerprint density at radius 2 is 2.06 bits per heavy atom. The number of aryl methyl sites for hydroxylation is 1. The Hall–Kier alpha value is -0.920. The Morgan fingerprint density at radius 3 is 2.61 bits per heavy atom. The van der Waals surface area contributed by atoms with Gasteiger partial charge in [0.2, 0.25) is 0 Å². The van der Waals surface area contributed by atoms with Crippen molar-refractivity contribution < 1.29 is 8.42 Å². The summed E-state index contributed by atoms with van der Waals surface area (Å²) in [6.45, 7) is 7.55. The first-order valence-electron chi connectivity index (χ1n) is 6.16. The maximum Gasteiger partial charge on any atom is 0.262 e. The predicted octanol–water partition coefficient (Wildman–Crippen LogP) is 0.858. The number of H-pyrrole nitrogens is 1. The Balaban J connectivity index is 3.08. The standard InChI is InChI=1S/C11H22N4O2S/c1-5-7-15(4)18(16,17)11-10(8-12-6-2)9(3)13-14-11/h12H,5-8H2,1-4H3,(H,13,14). The molecule has 104 valence electrons. The molecule has 1 heterocycles. The first kappa shape index (κ1) is 15.1. The fourth-order valence-electron chi connectivity index (χ4n) is 1.68. The van der Waals surface area contributed by atoms with Gasteiger partial charge < -0.3 is 5.32 Å². The van der Waals surface area contributed by atoms with Crippen LogP contribution < -0.4 is 5.32 Å². The zero-order chi connectivity index (χ0) is 13.8. The van der Waals surface area contributed by atoms with Crippen LogP contribution >= 0.6 is 0 Å². The van der Waals surface area contributed by atoms with Crippen LogP contribution in [0.1, 0.15) is 31.5 Å². The second-order valence-corrected chi connectivity index (χ2v) is 6.20. The fourth-order valence-corrected chi connectivity index (χ4v) is 3.10. The lowest BCUT2D eigenvalue weighted by Gasteiger charge is -2.15. The van der Waals surface area contributed by atoms with E-state index in [0.29, 0.717) is 13.1 Å². The summed E-state index contributed by atoms with van der Waals surface area (Å²) >= 11 is 0. The summed E-state index contributed by atoms with van der Waals surface area (Å²) in [7, 11) is -1.91. The van der Waals surface area contributed by atoms with Crippen LogP contribution in [0, 0.1) is 6.92 Å². The average Bonchev–Trinajstić information content (AvgIpc) is 2.69. The molecule has 0 saturated carbocycles. The topological polar surface area (TPSA) is 78.1 Å². The van der Waals surface area contributed by atoms with E-state index in [2.05, 4.69) is 15.5 Å². The minimum Gasteiger partial charge on any atom is -0.313 e. The third-order valence-electron chi connectivity index (χ3n) is 2.78. The van der Waals surface area contributed by atoms with E-state index in [1.165, 1.54) is 4.31 Å². The molecule has 0 aromatic carbocycles. The van der Waals surface area contributed by atoms with Gasteiger partial charge in [0.15, 0.2) is 5.03 Å². The minimum absolute atomic E-state index is 0.136. The third-order valence-corrected chi connectivity index (χ3v) is 4.61. The highest BCUT2D eigenvalue weighted by Crippen LogP contribution is 2.19. The second-order valence-electron chi connectivity index (χ2n) is 4.24. The van der Waals surface area contributed by atoms with Gasteiger partial charge in [0.25, 0.3) is 10.0 Å². The lowest BCUT2D eigenvalue weighted by molar-refractivity contribution is 0.464. The van der Waals surface area contributed by atoms with Gasteiger partial charge in [-0.2, -0.15) is 9.40 Å². The summed E-state index contributed by atoms with van der Waals surface area (Å²) in [5.41, 5.74) is 1.51. The molecule has 6 nitrogen and oxygen atoms in total. The van der Waals surface area contributed by atoms with Gasteiger partial charge in [-0.3, -0.25) is 5.10 Å². The molecule has 0 saturated heterocycles. The van der Waals surface area contributed by atoms with E-state index in [9.17, 15) is 8.42 Å². The SMILES string of the molecule is CCCN(C)S(=O)(=O)c1n[nH]c(C)c1CNCC. The fraction of sp³-hybridized carbons (Fsp3) is 0.727. The molecular formula is C11H22N4O2S. The molecule has 0 atom stereocenters. The summed E-state index contributed by atoms with van der Waals surface area (Å²) < 4.78 is 26.0. The summed E-state index contributed by atoms with van der Waals surface area (Å²) in [6, 6.07) is 0. The van der Waals surface area contributed by atoms with E-state index in [-0.39, 0.29) is 5.03 Å². The number of nitrogens with zero attached hydrogens (tertiary/aromatic N) is 2. The van der Waals surface area contributed by atoms with Crippen molar-refractivity contribution in [2.75, 3.05) is 20.1 Å². The maximum absolute atomic E-state index is 12.3. The number of hydrogen-bond donors (Lipinski definition) is 2. The lowest BCUT2D eigenvalue weighted by Crippen LogP contribution is -2.29. The van der Waals surface area contributed by atoms with E-state index in [0.717, 1.165) is 24.2 Å². The van der Waals surface area contributed by atoms with Gasteiger partial charge in [-0.1, -0.05) is 13.8 Å². The first-order valence-corrected chi connectivity index (χ1v) is 7.60. The summed E-state index contributed by atoms with van der Waals surface area (Å²) in [5, 5.41) is 9.97. The van der Waals surface area contributed by atoms with Crippen molar-refractivity contribution in [3.05, 3.63) is 11.3 Å². The second kappa shape index (κ2) is 6.31. The van der Waals surface area contributed by atoms with E-state index in [1.54, 1.807) is 7.05 Å². The van der Waals surface area contributed by atoms with Crippen LogP contribution in [-0.2, 0) is 16.6 Å². The van der Waals surface area contributed by atoms with Crippen LogP contribution in [0.3, 0.4) is 0 Å². The Bertz CT molecular complexity index is 481. The predicted molar refractivity (Wildman–Crippen MR) is 70.8 cm³/mol. The van der Waals surface area contributed by atoms with Gasteiger partial charge in [-0.05, 0) is 19.9 Å². The molecular weight excluding hydrogens is 252 g/mol. The molecule has 0 aliphatic carbocycles. The van der Waals surface area contributed by atoms with E-state index in [1.807, 2.05) is 20.8 Å². The average molecular weight is 274 g/mol. The molecule has 7 heteroatoms. The maximum atomic E-state index is 12.3. The highest BCUT2D eigenvalue weighted by atomic mass is 32.2. The van der Waals surface area contributed by atoms with Crippen LogP contribution in [0.15, 0.2) is 5.03 Å². The number of rotatable bonds is 7. The highest BCUT2D eigenvalue weighted by Gasteiger charge is 2.27. The number of aromatic nitrogens is 2. The van der Waals surface area contributed by atoms with E-state index >= 15 is 0 Å².